The van der Waals surface area contributed by atoms with E-state index >= 15 is 0 Å². The van der Waals surface area contributed by atoms with Crippen molar-refractivity contribution in [1.82, 2.24) is 0 Å². The van der Waals surface area contributed by atoms with Crippen molar-refractivity contribution in [3.63, 3.8) is 0 Å². The van der Waals surface area contributed by atoms with Gasteiger partial charge in [-0.1, -0.05) is 29.3 Å². The van der Waals surface area contributed by atoms with Crippen molar-refractivity contribution in [1.29, 1.82) is 0 Å². The molecule has 6 nitrogen and oxygen atoms in total. The first-order chi connectivity index (χ1) is 13.0. The first kappa shape index (κ1) is 19.2. The zero-order valence-corrected chi connectivity index (χ0v) is 15.6. The van der Waals surface area contributed by atoms with Crippen LogP contribution in [0.15, 0.2) is 42.5 Å². The highest BCUT2D eigenvalue weighted by molar-refractivity contribution is 6.37. The number of esters is 1. The van der Waals surface area contributed by atoms with Crippen molar-refractivity contribution in [2.75, 3.05) is 18.1 Å². The molecule has 0 unspecified atom stereocenters. The van der Waals surface area contributed by atoms with Crippen LogP contribution in [0.25, 0.3) is 0 Å². The van der Waals surface area contributed by atoms with Crippen LogP contribution in [0.1, 0.15) is 23.2 Å². The van der Waals surface area contributed by atoms with Crippen molar-refractivity contribution in [3.05, 3.63) is 58.1 Å². The number of para-hydroxylation sites is 1. The Labute approximate surface area is 165 Å². The number of halogens is 2. The Morgan fingerprint density at radius 2 is 1.52 bits per heavy atom. The monoisotopic (exact) mass is 407 g/mol. The fourth-order valence-electron chi connectivity index (χ4n) is 2.59. The number of carbonyl (C=O) groups is 3. The van der Waals surface area contributed by atoms with Gasteiger partial charge in [0.15, 0.2) is 5.75 Å². The van der Waals surface area contributed by atoms with Crippen LogP contribution in [0, 0.1) is 0 Å². The highest BCUT2D eigenvalue weighted by atomic mass is 35.5. The number of hydrogen-bond donors (Lipinski definition) is 0. The molecule has 1 heterocycles. The molecule has 0 saturated carbocycles. The molecule has 27 heavy (non-hydrogen) atoms. The maximum absolute atomic E-state index is 12.1. The van der Waals surface area contributed by atoms with E-state index in [1.807, 2.05) is 0 Å². The van der Waals surface area contributed by atoms with Gasteiger partial charge in [0, 0.05) is 12.8 Å². The van der Waals surface area contributed by atoms with Gasteiger partial charge in [-0.25, -0.2) is 4.79 Å². The minimum Gasteiger partial charge on any atom is -0.487 e. The normalized spacial score (nSPS) is 13.8. The average Bonchev–Trinajstić information content (AvgIpc) is 2.99. The van der Waals surface area contributed by atoms with Gasteiger partial charge < -0.3 is 9.47 Å². The Kier molecular flexibility index (Phi) is 5.98. The van der Waals surface area contributed by atoms with Crippen LogP contribution in [0.5, 0.6) is 5.75 Å². The topological polar surface area (TPSA) is 72.9 Å². The quantitative estimate of drug-likeness (QED) is 0.412. The molecular formula is C19H15Cl2NO5. The van der Waals surface area contributed by atoms with Gasteiger partial charge in [-0.05, 0) is 36.4 Å². The molecule has 8 heteroatoms. The molecule has 0 bridgehead atoms. The van der Waals surface area contributed by atoms with E-state index in [9.17, 15) is 14.4 Å². The molecule has 0 aromatic heterocycles. The van der Waals surface area contributed by atoms with Crippen LogP contribution >= 0.6 is 23.2 Å². The summed E-state index contributed by atoms with van der Waals surface area (Å²) in [5, 5.41) is 0.742. The SMILES string of the molecule is O=C(OCCOc1c(Cl)cccc1Cl)c1ccc(N2C(=O)CCC2=O)cc1. The molecule has 0 aliphatic carbocycles. The number of benzene rings is 2. The smallest absolute Gasteiger partial charge is 0.338 e. The van der Waals surface area contributed by atoms with Crippen LogP contribution in [0.3, 0.4) is 0 Å². The summed E-state index contributed by atoms with van der Waals surface area (Å²) in [6.07, 6.45) is 0.413. The summed E-state index contributed by atoms with van der Waals surface area (Å²) < 4.78 is 10.6. The Morgan fingerprint density at radius 3 is 2.11 bits per heavy atom. The summed E-state index contributed by atoms with van der Waals surface area (Å²) in [5.74, 6) is -0.702. The lowest BCUT2D eigenvalue weighted by molar-refractivity contribution is -0.121. The molecule has 2 aromatic carbocycles. The van der Waals surface area contributed by atoms with Crippen molar-refractivity contribution < 1.29 is 23.9 Å². The molecule has 0 radical (unpaired) electrons. The lowest BCUT2D eigenvalue weighted by Gasteiger charge is -2.14. The minimum absolute atomic E-state index is 0.00519. The number of carbonyl (C=O) groups excluding carboxylic acids is 3. The molecule has 1 fully saturated rings. The third-order valence-corrected chi connectivity index (χ3v) is 4.49. The van der Waals surface area contributed by atoms with Gasteiger partial charge in [0.05, 0.1) is 21.3 Å². The second-order valence-electron chi connectivity index (χ2n) is 5.70. The molecular weight excluding hydrogens is 393 g/mol. The number of nitrogens with zero attached hydrogens (tertiary/aromatic N) is 1. The Bertz CT molecular complexity index is 846. The van der Waals surface area contributed by atoms with Gasteiger partial charge in [-0.15, -0.1) is 0 Å². The van der Waals surface area contributed by atoms with Crippen molar-refractivity contribution in [3.8, 4) is 5.75 Å². The fraction of sp³-hybridized carbons (Fsp3) is 0.211. The zero-order chi connectivity index (χ0) is 19.4. The van der Waals surface area contributed by atoms with E-state index in [1.54, 1.807) is 18.2 Å². The Hall–Kier alpha value is -2.57. The van der Waals surface area contributed by atoms with E-state index < -0.39 is 5.97 Å². The summed E-state index contributed by atoms with van der Waals surface area (Å²) >= 11 is 12.0. The predicted molar refractivity (Wildman–Crippen MR) is 100 cm³/mol. The standard InChI is InChI=1S/C19H15Cl2NO5/c20-14-2-1-3-15(21)18(14)26-10-11-27-19(25)12-4-6-13(7-5-12)22-16(23)8-9-17(22)24/h1-7H,8-11H2. The first-order valence-electron chi connectivity index (χ1n) is 8.17. The second-order valence-corrected chi connectivity index (χ2v) is 6.52. The molecule has 0 atom stereocenters. The predicted octanol–water partition coefficient (Wildman–Crippen LogP) is 3.88. The van der Waals surface area contributed by atoms with Crippen molar-refractivity contribution >= 4 is 46.7 Å². The summed E-state index contributed by atoms with van der Waals surface area (Å²) in [4.78, 5) is 36.6. The van der Waals surface area contributed by atoms with Crippen LogP contribution in [-0.2, 0) is 14.3 Å². The van der Waals surface area contributed by atoms with Gasteiger partial charge in [0.25, 0.3) is 0 Å². The van der Waals surface area contributed by atoms with Crippen molar-refractivity contribution in [2.45, 2.75) is 12.8 Å². The maximum atomic E-state index is 12.1. The van der Waals surface area contributed by atoms with Gasteiger partial charge in [-0.2, -0.15) is 0 Å². The minimum atomic E-state index is -0.547. The highest BCUT2D eigenvalue weighted by Gasteiger charge is 2.30. The van der Waals surface area contributed by atoms with E-state index in [-0.39, 0.29) is 37.9 Å². The molecule has 2 aromatic rings. The second kappa shape index (κ2) is 8.41. The third-order valence-electron chi connectivity index (χ3n) is 3.89. The van der Waals surface area contributed by atoms with E-state index in [1.165, 1.54) is 24.3 Å². The number of rotatable bonds is 6. The van der Waals surface area contributed by atoms with Crippen LogP contribution in [0.4, 0.5) is 5.69 Å². The molecule has 0 spiro atoms. The highest BCUT2D eigenvalue weighted by Crippen LogP contribution is 2.32. The largest absolute Gasteiger partial charge is 0.487 e. The molecule has 140 valence electrons. The summed E-state index contributed by atoms with van der Waals surface area (Å²) in [7, 11) is 0. The third kappa shape index (κ3) is 4.40. The molecule has 1 aliphatic rings. The summed E-state index contributed by atoms with van der Waals surface area (Å²) in [6, 6.07) is 11.1. The van der Waals surface area contributed by atoms with Crippen LogP contribution in [-0.4, -0.2) is 31.0 Å². The lowest BCUT2D eigenvalue weighted by Crippen LogP contribution is -2.28. The molecule has 1 saturated heterocycles. The number of ether oxygens (including phenoxy) is 2. The van der Waals surface area contributed by atoms with Crippen LogP contribution < -0.4 is 9.64 Å². The molecule has 1 aliphatic heterocycles. The van der Waals surface area contributed by atoms with E-state index in [2.05, 4.69) is 0 Å². The molecule has 3 rings (SSSR count). The maximum Gasteiger partial charge on any atom is 0.338 e. The number of imide groups is 1. The van der Waals surface area contributed by atoms with Gasteiger partial charge >= 0.3 is 5.97 Å². The summed E-state index contributed by atoms with van der Waals surface area (Å²) in [6.45, 7) is 0.0926. The van der Waals surface area contributed by atoms with E-state index in [4.69, 9.17) is 32.7 Å². The first-order valence-corrected chi connectivity index (χ1v) is 8.93. The number of hydrogen-bond acceptors (Lipinski definition) is 5. The lowest BCUT2D eigenvalue weighted by atomic mass is 10.2. The Balaban J connectivity index is 1.53. The van der Waals surface area contributed by atoms with Gasteiger partial charge in [0.1, 0.15) is 13.2 Å². The van der Waals surface area contributed by atoms with Crippen LogP contribution in [0.2, 0.25) is 10.0 Å². The summed E-state index contributed by atoms with van der Waals surface area (Å²) in [5.41, 5.74) is 0.740. The van der Waals surface area contributed by atoms with Gasteiger partial charge in [0.2, 0.25) is 11.8 Å². The zero-order valence-electron chi connectivity index (χ0n) is 14.1. The van der Waals surface area contributed by atoms with Crippen molar-refractivity contribution in [2.24, 2.45) is 0 Å². The average molecular weight is 408 g/mol. The number of anilines is 1. The molecule has 2 amide bonds. The molecule has 0 N–H and O–H groups in total. The fourth-order valence-corrected chi connectivity index (χ4v) is 3.10. The Morgan fingerprint density at radius 1 is 0.926 bits per heavy atom. The van der Waals surface area contributed by atoms with Gasteiger partial charge in [-0.3, -0.25) is 14.5 Å². The van der Waals surface area contributed by atoms with E-state index in [0.29, 0.717) is 27.0 Å². The number of amides is 2. The van der Waals surface area contributed by atoms with E-state index in [0.717, 1.165) is 4.90 Å².